The van der Waals surface area contributed by atoms with Crippen molar-refractivity contribution in [1.82, 2.24) is 15.2 Å². The zero-order valence-electron chi connectivity index (χ0n) is 12.5. The molecule has 2 N–H and O–H groups in total. The first-order valence-corrected chi connectivity index (χ1v) is 7.39. The average molecular weight is 297 g/mol. The predicted molar refractivity (Wildman–Crippen MR) is 83.2 cm³/mol. The number of nitrogens with one attached hydrogen (secondary N) is 2. The first kappa shape index (κ1) is 14.4. The molecule has 2 atom stereocenters. The Hall–Kier alpha value is -2.56. The Bertz CT molecular complexity index is 652. The van der Waals surface area contributed by atoms with Crippen LogP contribution in [0.2, 0.25) is 0 Å². The Labute approximate surface area is 129 Å². The molecule has 1 aliphatic rings. The number of likely N-dealkylation sites (tertiary alicyclic amines) is 1. The van der Waals surface area contributed by atoms with Gasteiger partial charge in [0, 0.05) is 32.1 Å². The summed E-state index contributed by atoms with van der Waals surface area (Å²) in [6.07, 6.45) is 2.18. The molecule has 0 spiro atoms. The van der Waals surface area contributed by atoms with E-state index >= 15 is 0 Å². The molecule has 2 heterocycles. The maximum absolute atomic E-state index is 12.0. The summed E-state index contributed by atoms with van der Waals surface area (Å²) in [5, 5.41) is 2.92. The summed E-state index contributed by atoms with van der Waals surface area (Å²) in [7, 11) is 1.83. The van der Waals surface area contributed by atoms with Gasteiger partial charge in [0.1, 0.15) is 5.69 Å². The number of rotatable bonds is 4. The standard InChI is InChI=1S/C17H19N3O2/c1-20-15(21)10-13(16(20)12-6-3-2-4-7-12)11-19-17(22)14-8-5-9-18-14/h2-9,13,16,18H,10-11H2,1H3,(H,19,22). The van der Waals surface area contributed by atoms with Gasteiger partial charge >= 0.3 is 0 Å². The van der Waals surface area contributed by atoms with E-state index < -0.39 is 0 Å². The second-order valence-corrected chi connectivity index (χ2v) is 5.62. The van der Waals surface area contributed by atoms with E-state index in [1.165, 1.54) is 0 Å². The molecular weight excluding hydrogens is 278 g/mol. The minimum absolute atomic E-state index is 0.0117. The summed E-state index contributed by atoms with van der Waals surface area (Å²) in [5.74, 6) is 0.0607. The topological polar surface area (TPSA) is 65.2 Å². The van der Waals surface area contributed by atoms with Crippen LogP contribution in [0.25, 0.3) is 0 Å². The van der Waals surface area contributed by atoms with Crippen molar-refractivity contribution in [3.05, 3.63) is 59.9 Å². The van der Waals surface area contributed by atoms with Gasteiger partial charge in [-0.1, -0.05) is 30.3 Å². The lowest BCUT2D eigenvalue weighted by Crippen LogP contribution is -2.32. The molecule has 0 bridgehead atoms. The van der Waals surface area contributed by atoms with Crippen LogP contribution in [0.5, 0.6) is 0 Å². The van der Waals surface area contributed by atoms with Crippen LogP contribution in [0.1, 0.15) is 28.5 Å². The molecule has 5 heteroatoms. The van der Waals surface area contributed by atoms with Crippen LogP contribution in [0, 0.1) is 5.92 Å². The van der Waals surface area contributed by atoms with E-state index in [2.05, 4.69) is 10.3 Å². The van der Waals surface area contributed by atoms with Crippen molar-refractivity contribution in [2.45, 2.75) is 12.5 Å². The second-order valence-electron chi connectivity index (χ2n) is 5.62. The van der Waals surface area contributed by atoms with Gasteiger partial charge in [0.05, 0.1) is 6.04 Å². The smallest absolute Gasteiger partial charge is 0.267 e. The second kappa shape index (κ2) is 6.05. The average Bonchev–Trinajstić information content (AvgIpc) is 3.15. The van der Waals surface area contributed by atoms with Gasteiger partial charge in [-0.25, -0.2) is 0 Å². The highest BCUT2D eigenvalue weighted by atomic mass is 16.2. The molecule has 3 rings (SSSR count). The van der Waals surface area contributed by atoms with Crippen LogP contribution in [0.15, 0.2) is 48.7 Å². The molecule has 1 fully saturated rings. The van der Waals surface area contributed by atoms with Gasteiger partial charge in [0.2, 0.25) is 5.91 Å². The largest absolute Gasteiger partial charge is 0.357 e. The van der Waals surface area contributed by atoms with E-state index in [-0.39, 0.29) is 23.8 Å². The molecule has 2 amide bonds. The van der Waals surface area contributed by atoms with Gasteiger partial charge in [0.25, 0.3) is 5.91 Å². The highest BCUT2D eigenvalue weighted by Crippen LogP contribution is 2.36. The Kier molecular flexibility index (Phi) is 3.96. The number of hydrogen-bond donors (Lipinski definition) is 2. The van der Waals surface area contributed by atoms with Crippen LogP contribution < -0.4 is 5.32 Å². The van der Waals surface area contributed by atoms with E-state index in [1.54, 1.807) is 23.2 Å². The van der Waals surface area contributed by atoms with Crippen LogP contribution >= 0.6 is 0 Å². The maximum atomic E-state index is 12.0. The Morgan fingerprint density at radius 1 is 1.27 bits per heavy atom. The minimum atomic E-state index is -0.140. The first-order valence-electron chi connectivity index (χ1n) is 7.39. The van der Waals surface area contributed by atoms with E-state index in [1.807, 2.05) is 37.4 Å². The quantitative estimate of drug-likeness (QED) is 0.906. The fraction of sp³-hybridized carbons (Fsp3) is 0.294. The van der Waals surface area contributed by atoms with E-state index in [9.17, 15) is 9.59 Å². The van der Waals surface area contributed by atoms with Gasteiger partial charge in [0.15, 0.2) is 0 Å². The predicted octanol–water partition coefficient (Wildman–Crippen LogP) is 1.96. The molecule has 1 aromatic heterocycles. The molecule has 1 aliphatic heterocycles. The number of aromatic amines is 1. The summed E-state index contributed by atoms with van der Waals surface area (Å²) >= 11 is 0. The van der Waals surface area contributed by atoms with Crippen molar-refractivity contribution < 1.29 is 9.59 Å². The van der Waals surface area contributed by atoms with E-state index in [4.69, 9.17) is 0 Å². The third kappa shape index (κ3) is 2.74. The van der Waals surface area contributed by atoms with Crippen molar-refractivity contribution in [2.75, 3.05) is 13.6 Å². The molecule has 22 heavy (non-hydrogen) atoms. The van der Waals surface area contributed by atoms with Crippen molar-refractivity contribution in [1.29, 1.82) is 0 Å². The lowest BCUT2D eigenvalue weighted by molar-refractivity contribution is -0.127. The van der Waals surface area contributed by atoms with Gasteiger partial charge in [-0.05, 0) is 17.7 Å². The van der Waals surface area contributed by atoms with E-state index in [0.29, 0.717) is 18.7 Å². The van der Waals surface area contributed by atoms with Crippen LogP contribution in [-0.4, -0.2) is 35.3 Å². The van der Waals surface area contributed by atoms with Crippen molar-refractivity contribution in [2.24, 2.45) is 5.92 Å². The molecule has 5 nitrogen and oxygen atoms in total. The van der Waals surface area contributed by atoms with Crippen LogP contribution in [0.4, 0.5) is 0 Å². The summed E-state index contributed by atoms with van der Waals surface area (Å²) in [6.45, 7) is 0.480. The SMILES string of the molecule is CN1C(=O)CC(CNC(=O)c2ccc[nH]2)C1c1ccccc1. The molecule has 1 aromatic carbocycles. The van der Waals surface area contributed by atoms with Crippen molar-refractivity contribution >= 4 is 11.8 Å². The highest BCUT2D eigenvalue weighted by Gasteiger charge is 2.38. The monoisotopic (exact) mass is 297 g/mol. The molecular formula is C17H19N3O2. The molecule has 2 aromatic rings. The summed E-state index contributed by atoms with van der Waals surface area (Å²) in [5.41, 5.74) is 1.64. The Morgan fingerprint density at radius 3 is 2.73 bits per heavy atom. The number of aromatic nitrogens is 1. The van der Waals surface area contributed by atoms with E-state index in [0.717, 1.165) is 5.56 Å². The lowest BCUT2D eigenvalue weighted by atomic mass is 9.93. The molecule has 2 unspecified atom stereocenters. The third-order valence-electron chi connectivity index (χ3n) is 4.20. The number of carbonyl (C=O) groups excluding carboxylic acids is 2. The molecule has 0 radical (unpaired) electrons. The number of H-pyrrole nitrogens is 1. The number of amides is 2. The van der Waals surface area contributed by atoms with Crippen LogP contribution in [-0.2, 0) is 4.79 Å². The fourth-order valence-electron chi connectivity index (χ4n) is 3.07. The molecule has 1 saturated heterocycles. The maximum Gasteiger partial charge on any atom is 0.267 e. The first-order chi connectivity index (χ1) is 10.7. The summed E-state index contributed by atoms with van der Waals surface area (Å²) in [6, 6.07) is 13.5. The Morgan fingerprint density at radius 2 is 2.05 bits per heavy atom. The number of hydrogen-bond acceptors (Lipinski definition) is 2. The lowest BCUT2D eigenvalue weighted by Gasteiger charge is -2.25. The normalized spacial score (nSPS) is 21.1. The summed E-state index contributed by atoms with van der Waals surface area (Å²) < 4.78 is 0. The summed E-state index contributed by atoms with van der Waals surface area (Å²) in [4.78, 5) is 28.7. The van der Waals surface area contributed by atoms with Gasteiger partial charge < -0.3 is 15.2 Å². The number of benzene rings is 1. The fourth-order valence-corrected chi connectivity index (χ4v) is 3.07. The molecule has 114 valence electrons. The molecule has 0 aliphatic carbocycles. The van der Waals surface area contributed by atoms with Gasteiger partial charge in [-0.2, -0.15) is 0 Å². The van der Waals surface area contributed by atoms with Crippen molar-refractivity contribution in [3.8, 4) is 0 Å². The van der Waals surface area contributed by atoms with Gasteiger partial charge in [-0.15, -0.1) is 0 Å². The minimum Gasteiger partial charge on any atom is -0.357 e. The number of carbonyl (C=O) groups is 2. The van der Waals surface area contributed by atoms with Gasteiger partial charge in [-0.3, -0.25) is 9.59 Å². The highest BCUT2D eigenvalue weighted by molar-refractivity contribution is 5.92. The van der Waals surface area contributed by atoms with Crippen LogP contribution in [0.3, 0.4) is 0 Å². The molecule has 0 saturated carbocycles. The third-order valence-corrected chi connectivity index (χ3v) is 4.20. The number of nitrogens with zero attached hydrogens (tertiary/aromatic N) is 1. The zero-order chi connectivity index (χ0) is 15.5. The van der Waals surface area contributed by atoms with Crippen molar-refractivity contribution in [3.63, 3.8) is 0 Å². The zero-order valence-corrected chi connectivity index (χ0v) is 12.5. The Balaban J connectivity index is 1.71.